The van der Waals surface area contributed by atoms with Crippen LogP contribution in [0.2, 0.25) is 0 Å². The molecule has 0 aliphatic rings. The topological polar surface area (TPSA) is 22.1 Å². The van der Waals surface area contributed by atoms with Crippen molar-refractivity contribution in [3.63, 3.8) is 0 Å². The number of aryl methyl sites for hydroxylation is 1. The van der Waals surface area contributed by atoms with E-state index in [9.17, 15) is 0 Å². The second-order valence-corrected chi connectivity index (χ2v) is 10.2. The molecule has 0 spiro atoms. The summed E-state index contributed by atoms with van der Waals surface area (Å²) in [5.41, 5.74) is 2.15. The van der Waals surface area contributed by atoms with Crippen LogP contribution < -0.4 is 4.74 Å². The highest BCUT2D eigenvalue weighted by molar-refractivity contribution is 5.27. The van der Waals surface area contributed by atoms with Gasteiger partial charge in [0.25, 0.3) is 0 Å². The molecular formula is C28H53N2O+. The van der Waals surface area contributed by atoms with Crippen LogP contribution in [-0.4, -0.2) is 37.2 Å². The van der Waals surface area contributed by atoms with Crippen LogP contribution in [0.1, 0.15) is 121 Å². The molecule has 0 unspecified atom stereocenters. The number of nitrogens with zero attached hydrogens (tertiary/aromatic N) is 2. The maximum Gasteiger partial charge on any atom is 0.140 e. The van der Waals surface area contributed by atoms with E-state index in [4.69, 9.17) is 9.72 Å². The number of quaternary nitrogens is 1. The highest BCUT2D eigenvalue weighted by atomic mass is 16.5. The second kappa shape index (κ2) is 17.5. The largest absolute Gasteiger partial charge is 0.495 e. The summed E-state index contributed by atoms with van der Waals surface area (Å²) < 4.78 is 6.34. The first-order valence-corrected chi connectivity index (χ1v) is 13.3. The highest BCUT2D eigenvalue weighted by Crippen LogP contribution is 2.18. The molecule has 0 atom stereocenters. The van der Waals surface area contributed by atoms with Crippen LogP contribution in [0.25, 0.3) is 0 Å². The lowest BCUT2D eigenvalue weighted by molar-refractivity contribution is -0.904. The molecule has 1 aromatic heterocycles. The summed E-state index contributed by atoms with van der Waals surface area (Å²) in [7, 11) is 6.36. The van der Waals surface area contributed by atoms with E-state index in [-0.39, 0.29) is 0 Å². The van der Waals surface area contributed by atoms with Crippen LogP contribution in [0, 0.1) is 6.92 Å². The molecule has 0 radical (unpaired) electrons. The molecule has 3 nitrogen and oxygen atoms in total. The van der Waals surface area contributed by atoms with Crippen molar-refractivity contribution in [2.45, 2.75) is 123 Å². The lowest BCUT2D eigenvalue weighted by atomic mass is 10.0. The van der Waals surface area contributed by atoms with Crippen LogP contribution in [0.4, 0.5) is 0 Å². The molecule has 1 aromatic rings. The van der Waals surface area contributed by atoms with Crippen molar-refractivity contribution in [2.75, 3.05) is 27.7 Å². The molecule has 3 heteroatoms. The normalized spacial score (nSPS) is 11.8. The third-order valence-electron chi connectivity index (χ3n) is 6.52. The first kappa shape index (κ1) is 27.9. The number of hydrogen-bond donors (Lipinski definition) is 0. The SMILES string of the molecule is CCCCCCCCCCCCCCCCCC[N+](C)(C)Cc1ccc(OC)c(C)n1. The van der Waals surface area contributed by atoms with Crippen molar-refractivity contribution in [1.29, 1.82) is 0 Å². The fourth-order valence-corrected chi connectivity index (χ4v) is 4.51. The first-order chi connectivity index (χ1) is 15.0. The van der Waals surface area contributed by atoms with E-state index in [2.05, 4.69) is 27.1 Å². The van der Waals surface area contributed by atoms with E-state index in [1.165, 1.54) is 115 Å². The van der Waals surface area contributed by atoms with E-state index in [0.29, 0.717) is 0 Å². The van der Waals surface area contributed by atoms with Crippen LogP contribution in [-0.2, 0) is 6.54 Å². The van der Waals surface area contributed by atoms with Gasteiger partial charge in [0.05, 0.1) is 39.1 Å². The Labute approximate surface area is 194 Å². The molecule has 0 N–H and O–H groups in total. The molecule has 1 rings (SSSR count). The third-order valence-corrected chi connectivity index (χ3v) is 6.52. The minimum atomic E-state index is 0.881. The Kier molecular flexibility index (Phi) is 15.7. The molecule has 31 heavy (non-hydrogen) atoms. The van der Waals surface area contributed by atoms with Gasteiger partial charge in [-0.05, 0) is 31.9 Å². The van der Waals surface area contributed by atoms with E-state index >= 15 is 0 Å². The Morgan fingerprint density at radius 1 is 0.710 bits per heavy atom. The summed E-state index contributed by atoms with van der Waals surface area (Å²) in [5, 5.41) is 0. The van der Waals surface area contributed by atoms with E-state index in [0.717, 1.165) is 22.5 Å². The second-order valence-electron chi connectivity index (χ2n) is 10.2. The summed E-state index contributed by atoms with van der Waals surface area (Å²) in [4.78, 5) is 4.71. The summed E-state index contributed by atoms with van der Waals surface area (Å²) >= 11 is 0. The zero-order chi connectivity index (χ0) is 22.8. The Bertz CT molecular complexity index is 556. The van der Waals surface area contributed by atoms with Gasteiger partial charge in [0.1, 0.15) is 12.3 Å². The van der Waals surface area contributed by atoms with Crippen LogP contribution in [0.3, 0.4) is 0 Å². The number of aromatic nitrogens is 1. The van der Waals surface area contributed by atoms with Crippen molar-refractivity contribution in [1.82, 2.24) is 4.98 Å². The van der Waals surface area contributed by atoms with Gasteiger partial charge < -0.3 is 9.22 Å². The number of pyridine rings is 1. The average molecular weight is 434 g/mol. The van der Waals surface area contributed by atoms with Gasteiger partial charge in [0, 0.05) is 0 Å². The minimum absolute atomic E-state index is 0.881. The van der Waals surface area contributed by atoms with E-state index < -0.39 is 0 Å². The Morgan fingerprint density at radius 2 is 1.16 bits per heavy atom. The van der Waals surface area contributed by atoms with Gasteiger partial charge in [0.15, 0.2) is 0 Å². The zero-order valence-electron chi connectivity index (χ0n) is 21.7. The van der Waals surface area contributed by atoms with E-state index in [1.54, 1.807) is 7.11 Å². The predicted octanol–water partition coefficient (Wildman–Crippen LogP) is 8.24. The van der Waals surface area contributed by atoms with Crippen molar-refractivity contribution in [3.05, 3.63) is 23.5 Å². The van der Waals surface area contributed by atoms with E-state index in [1.807, 2.05) is 13.0 Å². The number of hydrogen-bond acceptors (Lipinski definition) is 2. The Balaban J connectivity index is 1.94. The van der Waals surface area contributed by atoms with Crippen LogP contribution >= 0.6 is 0 Å². The Hall–Kier alpha value is -1.09. The van der Waals surface area contributed by atoms with Crippen LogP contribution in [0.5, 0.6) is 5.75 Å². The van der Waals surface area contributed by atoms with Gasteiger partial charge in [-0.1, -0.05) is 96.8 Å². The molecule has 0 aromatic carbocycles. The maximum atomic E-state index is 5.33. The average Bonchev–Trinajstić information content (AvgIpc) is 2.73. The first-order valence-electron chi connectivity index (χ1n) is 13.3. The molecule has 1 heterocycles. The van der Waals surface area contributed by atoms with Crippen molar-refractivity contribution >= 4 is 0 Å². The number of ether oxygens (including phenoxy) is 1. The number of unbranched alkanes of at least 4 members (excludes halogenated alkanes) is 15. The van der Waals surface area contributed by atoms with Gasteiger partial charge in [-0.15, -0.1) is 0 Å². The minimum Gasteiger partial charge on any atom is -0.495 e. The molecule has 0 saturated heterocycles. The molecule has 0 aliphatic carbocycles. The molecular weight excluding hydrogens is 380 g/mol. The lowest BCUT2D eigenvalue weighted by Gasteiger charge is -2.29. The van der Waals surface area contributed by atoms with Crippen molar-refractivity contribution in [3.8, 4) is 5.75 Å². The quantitative estimate of drug-likeness (QED) is 0.152. The van der Waals surface area contributed by atoms with Gasteiger partial charge in [0.2, 0.25) is 0 Å². The van der Waals surface area contributed by atoms with Gasteiger partial charge in [-0.25, -0.2) is 4.98 Å². The zero-order valence-corrected chi connectivity index (χ0v) is 21.7. The lowest BCUT2D eigenvalue weighted by Crippen LogP contribution is -2.39. The van der Waals surface area contributed by atoms with Crippen molar-refractivity contribution in [2.24, 2.45) is 0 Å². The maximum absolute atomic E-state index is 5.33. The number of methoxy groups -OCH3 is 1. The summed E-state index contributed by atoms with van der Waals surface area (Å²) in [6, 6.07) is 4.16. The van der Waals surface area contributed by atoms with Crippen LogP contribution in [0.15, 0.2) is 12.1 Å². The standard InChI is InChI=1S/C28H53N2O/c1-6-7-8-9-10-11-12-13-14-15-16-17-18-19-20-21-24-30(3,4)25-27-22-23-28(31-5)26(2)29-27/h22-23H,6-21,24-25H2,1-5H3/q+1. The summed E-state index contributed by atoms with van der Waals surface area (Å²) in [6.45, 7) is 6.54. The molecule has 0 amide bonds. The van der Waals surface area contributed by atoms with Gasteiger partial charge in [-0.2, -0.15) is 0 Å². The number of rotatable bonds is 20. The predicted molar refractivity (Wildman–Crippen MR) is 136 cm³/mol. The third kappa shape index (κ3) is 14.6. The smallest absolute Gasteiger partial charge is 0.140 e. The molecule has 180 valence electrons. The fraction of sp³-hybridized carbons (Fsp3) is 0.821. The Morgan fingerprint density at radius 3 is 1.58 bits per heavy atom. The summed E-state index contributed by atoms with van der Waals surface area (Å²) in [6.07, 6.45) is 22.9. The summed E-state index contributed by atoms with van der Waals surface area (Å²) in [5.74, 6) is 0.881. The highest BCUT2D eigenvalue weighted by Gasteiger charge is 2.17. The molecule has 0 saturated carbocycles. The fourth-order valence-electron chi connectivity index (χ4n) is 4.51. The van der Waals surface area contributed by atoms with Gasteiger partial charge in [-0.3, -0.25) is 0 Å². The monoisotopic (exact) mass is 433 g/mol. The molecule has 0 aliphatic heterocycles. The molecule has 0 bridgehead atoms. The van der Waals surface area contributed by atoms with Gasteiger partial charge >= 0.3 is 0 Å². The van der Waals surface area contributed by atoms with Crippen molar-refractivity contribution < 1.29 is 9.22 Å². The molecule has 0 fully saturated rings.